The van der Waals surface area contributed by atoms with E-state index in [0.717, 1.165) is 0 Å². The lowest BCUT2D eigenvalue weighted by Gasteiger charge is -2.32. The van der Waals surface area contributed by atoms with E-state index in [1.54, 1.807) is 28.6 Å². The highest BCUT2D eigenvalue weighted by molar-refractivity contribution is 7.98. The SMILES string of the molecule is CCC(=O)N1c2ccccc2-c2c(=O)[nH]c(SC)n[n+]2[C@@H]1c1ccc(OC)c(OC)c1OC. The molecule has 3 aromatic rings. The Morgan fingerprint density at radius 2 is 1.85 bits per heavy atom. The van der Waals surface area contributed by atoms with Crippen molar-refractivity contribution in [3.05, 3.63) is 52.3 Å². The van der Waals surface area contributed by atoms with Crippen molar-refractivity contribution < 1.29 is 23.7 Å². The number of aromatic amines is 1. The minimum absolute atomic E-state index is 0.129. The first-order valence-electron chi connectivity index (χ1n) is 10.3. The molecule has 0 unspecified atom stereocenters. The number of hydrogen-bond acceptors (Lipinski definition) is 7. The Labute approximate surface area is 195 Å². The Morgan fingerprint density at radius 1 is 1.12 bits per heavy atom. The third-order valence-electron chi connectivity index (χ3n) is 5.54. The van der Waals surface area contributed by atoms with Crippen LogP contribution < -0.4 is 29.4 Å². The fraction of sp³-hybridized carbons (Fsp3) is 0.304. The van der Waals surface area contributed by atoms with E-state index in [1.165, 1.54) is 33.1 Å². The number of anilines is 1. The predicted molar refractivity (Wildman–Crippen MR) is 124 cm³/mol. The number of hydrogen-bond donors (Lipinski definition) is 1. The molecule has 10 heteroatoms. The van der Waals surface area contributed by atoms with Gasteiger partial charge in [-0.05, 0) is 35.2 Å². The highest BCUT2D eigenvalue weighted by Gasteiger charge is 2.47. The van der Waals surface area contributed by atoms with Gasteiger partial charge in [0, 0.05) is 11.5 Å². The van der Waals surface area contributed by atoms with Crippen LogP contribution in [0, 0.1) is 0 Å². The zero-order chi connectivity index (χ0) is 23.7. The normalized spacial score (nSPS) is 14.3. The molecule has 1 aliphatic heterocycles. The van der Waals surface area contributed by atoms with Crippen molar-refractivity contribution >= 4 is 23.4 Å². The minimum atomic E-state index is -0.787. The van der Waals surface area contributed by atoms with Gasteiger partial charge in [-0.3, -0.25) is 14.6 Å². The molecule has 1 N–H and O–H groups in total. The van der Waals surface area contributed by atoms with Gasteiger partial charge in [0.1, 0.15) is 0 Å². The molecule has 1 atom stereocenters. The van der Waals surface area contributed by atoms with E-state index in [4.69, 9.17) is 19.3 Å². The number of thioether (sulfide) groups is 1. The van der Waals surface area contributed by atoms with Crippen LogP contribution in [0.5, 0.6) is 17.2 Å². The number of carbonyl (C=O) groups is 1. The Hall–Kier alpha value is -3.53. The van der Waals surface area contributed by atoms with Crippen molar-refractivity contribution in [2.45, 2.75) is 24.7 Å². The van der Waals surface area contributed by atoms with Gasteiger partial charge in [-0.25, -0.2) is 4.90 Å². The number of aromatic nitrogens is 3. The Morgan fingerprint density at radius 3 is 2.48 bits per heavy atom. The molecular weight excluding hydrogens is 444 g/mol. The van der Waals surface area contributed by atoms with Crippen LogP contribution in [0.25, 0.3) is 11.3 Å². The number of nitrogens with zero attached hydrogens (tertiary/aromatic N) is 3. The quantitative estimate of drug-likeness (QED) is 0.438. The maximum absolute atomic E-state index is 13.3. The molecule has 172 valence electrons. The van der Waals surface area contributed by atoms with Crippen LogP contribution in [-0.2, 0) is 4.79 Å². The maximum Gasteiger partial charge on any atom is 0.325 e. The van der Waals surface area contributed by atoms with E-state index in [2.05, 4.69) is 4.98 Å². The number of ether oxygens (including phenoxy) is 3. The molecule has 0 aliphatic carbocycles. The lowest BCUT2D eigenvalue weighted by Crippen LogP contribution is -2.61. The van der Waals surface area contributed by atoms with E-state index < -0.39 is 6.17 Å². The van der Waals surface area contributed by atoms with Crippen LogP contribution in [0.4, 0.5) is 5.69 Å². The summed E-state index contributed by atoms with van der Waals surface area (Å²) in [6.45, 7) is 1.80. The van der Waals surface area contributed by atoms with Crippen molar-refractivity contribution in [1.29, 1.82) is 0 Å². The number of rotatable bonds is 6. The molecule has 0 bridgehead atoms. The van der Waals surface area contributed by atoms with Crippen molar-refractivity contribution in [2.75, 3.05) is 32.5 Å². The second-order valence-corrected chi connectivity index (χ2v) is 7.98. The number of nitrogens with one attached hydrogen (secondary N) is 1. The van der Waals surface area contributed by atoms with Crippen LogP contribution >= 0.6 is 11.8 Å². The second kappa shape index (κ2) is 9.14. The highest BCUT2D eigenvalue weighted by Crippen LogP contribution is 2.45. The first-order valence-corrected chi connectivity index (χ1v) is 11.5. The van der Waals surface area contributed by atoms with Crippen LogP contribution in [0.2, 0.25) is 0 Å². The molecule has 2 aromatic carbocycles. The summed E-state index contributed by atoms with van der Waals surface area (Å²) < 4.78 is 18.3. The third-order valence-corrected chi connectivity index (χ3v) is 6.11. The van der Waals surface area contributed by atoms with Crippen LogP contribution in [-0.4, -0.2) is 43.6 Å². The molecule has 1 amide bonds. The molecule has 4 rings (SSSR count). The van der Waals surface area contributed by atoms with Crippen LogP contribution in [0.15, 0.2) is 46.3 Å². The van der Waals surface area contributed by atoms with Gasteiger partial charge in [0.2, 0.25) is 16.8 Å². The molecule has 0 spiro atoms. The number of methoxy groups -OCH3 is 3. The van der Waals surface area contributed by atoms with Gasteiger partial charge in [0.25, 0.3) is 6.17 Å². The molecule has 33 heavy (non-hydrogen) atoms. The average molecular weight is 470 g/mol. The van der Waals surface area contributed by atoms with E-state index in [0.29, 0.717) is 44.9 Å². The lowest BCUT2D eigenvalue weighted by atomic mass is 10.00. The van der Waals surface area contributed by atoms with Gasteiger partial charge >= 0.3 is 11.3 Å². The van der Waals surface area contributed by atoms with Crippen molar-refractivity contribution in [3.8, 4) is 28.5 Å². The molecule has 2 heterocycles. The fourth-order valence-corrected chi connectivity index (χ4v) is 4.48. The van der Waals surface area contributed by atoms with Crippen LogP contribution in [0.1, 0.15) is 25.1 Å². The van der Waals surface area contributed by atoms with E-state index in [9.17, 15) is 9.59 Å². The molecule has 0 radical (unpaired) electrons. The number of fused-ring (bicyclic) bond motifs is 3. The molecular formula is C23H25N4O5S+. The van der Waals surface area contributed by atoms with Gasteiger partial charge in [0.15, 0.2) is 11.5 Å². The molecule has 0 saturated carbocycles. The van der Waals surface area contributed by atoms with Gasteiger partial charge in [-0.15, -0.1) is 0 Å². The smallest absolute Gasteiger partial charge is 0.325 e. The maximum atomic E-state index is 13.3. The topological polar surface area (TPSA) is 97.6 Å². The van der Waals surface area contributed by atoms with Gasteiger partial charge in [0.05, 0.1) is 38.1 Å². The summed E-state index contributed by atoms with van der Waals surface area (Å²) >= 11 is 1.31. The summed E-state index contributed by atoms with van der Waals surface area (Å²) in [5, 5.41) is 5.12. The molecule has 1 aromatic heterocycles. The monoisotopic (exact) mass is 469 g/mol. The lowest BCUT2D eigenvalue weighted by molar-refractivity contribution is -0.763. The van der Waals surface area contributed by atoms with Crippen molar-refractivity contribution in [1.82, 2.24) is 10.1 Å². The Kier molecular flexibility index (Phi) is 6.28. The Bertz CT molecular complexity index is 1280. The third kappa shape index (κ3) is 3.60. The zero-order valence-corrected chi connectivity index (χ0v) is 19.9. The first-order chi connectivity index (χ1) is 16.0. The molecule has 0 saturated heterocycles. The van der Waals surface area contributed by atoms with Gasteiger partial charge < -0.3 is 14.2 Å². The predicted octanol–water partition coefficient (Wildman–Crippen LogP) is 2.78. The zero-order valence-electron chi connectivity index (χ0n) is 19.0. The largest absolute Gasteiger partial charge is 0.493 e. The van der Waals surface area contributed by atoms with E-state index >= 15 is 0 Å². The number of benzene rings is 2. The summed E-state index contributed by atoms with van der Waals surface area (Å²) in [5.41, 5.74) is 1.90. The molecule has 1 aliphatic rings. The number of H-pyrrole nitrogens is 1. The minimum Gasteiger partial charge on any atom is -0.493 e. The van der Waals surface area contributed by atoms with Gasteiger partial charge in [-0.1, -0.05) is 30.8 Å². The Balaban J connectivity index is 2.13. The average Bonchev–Trinajstić information content (AvgIpc) is 2.85. The summed E-state index contributed by atoms with van der Waals surface area (Å²) in [6, 6.07) is 10.9. The van der Waals surface area contributed by atoms with Gasteiger partial charge in [-0.2, -0.15) is 0 Å². The highest BCUT2D eigenvalue weighted by atomic mass is 32.2. The van der Waals surface area contributed by atoms with E-state index in [1.807, 2.05) is 30.5 Å². The number of para-hydroxylation sites is 1. The first kappa shape index (κ1) is 22.7. The van der Waals surface area contributed by atoms with Crippen LogP contribution in [0.3, 0.4) is 0 Å². The molecule has 0 fully saturated rings. The summed E-state index contributed by atoms with van der Waals surface area (Å²) in [6.07, 6.45) is 1.29. The summed E-state index contributed by atoms with van der Waals surface area (Å²) in [5.74, 6) is 1.13. The second-order valence-electron chi connectivity index (χ2n) is 7.19. The van der Waals surface area contributed by atoms with E-state index in [-0.39, 0.29) is 17.9 Å². The fourth-order valence-electron chi connectivity index (χ4n) is 4.11. The van der Waals surface area contributed by atoms with Crippen molar-refractivity contribution in [2.24, 2.45) is 0 Å². The number of carbonyl (C=O) groups excluding carboxylic acids is 1. The van der Waals surface area contributed by atoms with Crippen molar-refractivity contribution in [3.63, 3.8) is 0 Å². The standard InChI is InChI=1S/C23H24N4O5S/c1-6-17(28)26-15-10-8-7-9-13(15)18-21(29)24-23(33-5)25-27(18)22(26)14-11-12-16(30-2)20(32-4)19(14)31-3/h7-12,22H,6H2,1-5H3/p+1/t22-/m1/s1. The summed E-state index contributed by atoms with van der Waals surface area (Å²) in [7, 11) is 4.58. The molecule has 9 nitrogen and oxygen atoms in total. The number of amides is 1. The summed E-state index contributed by atoms with van der Waals surface area (Å²) in [4.78, 5) is 31.0.